The van der Waals surface area contributed by atoms with E-state index in [0.717, 1.165) is 46.8 Å². The molecule has 8 aromatic carbocycles. The maximum absolute atomic E-state index is 6.32. The highest BCUT2D eigenvalue weighted by Gasteiger charge is 2.36. The molecule has 0 amide bonds. The number of fused-ring (bicyclic) bond motifs is 9. The van der Waals surface area contributed by atoms with Crippen LogP contribution in [0.15, 0.2) is 174 Å². The van der Waals surface area contributed by atoms with Crippen molar-refractivity contribution in [3.8, 4) is 33.4 Å². The highest BCUT2D eigenvalue weighted by atomic mass is 16.3. The van der Waals surface area contributed by atoms with E-state index < -0.39 is 0 Å². The monoisotopic (exact) mass is 705 g/mol. The zero-order valence-electron chi connectivity index (χ0n) is 31.0. The fourth-order valence-electron chi connectivity index (χ4n) is 9.28. The maximum atomic E-state index is 6.32. The maximum Gasteiger partial charge on any atom is 0.135 e. The highest BCUT2D eigenvalue weighted by Crippen LogP contribution is 2.52. The van der Waals surface area contributed by atoms with E-state index in [2.05, 4.69) is 195 Å². The summed E-state index contributed by atoms with van der Waals surface area (Å²) in [6.07, 6.45) is 6.43. The number of rotatable bonds is 5. The summed E-state index contributed by atoms with van der Waals surface area (Å²) in [5, 5.41) is 6.20. The Morgan fingerprint density at radius 3 is 1.98 bits per heavy atom. The van der Waals surface area contributed by atoms with Crippen molar-refractivity contribution in [3.63, 3.8) is 0 Å². The molecular formula is C53H39NO. The Bertz CT molecular complexity index is 3000. The van der Waals surface area contributed by atoms with Gasteiger partial charge >= 0.3 is 0 Å². The van der Waals surface area contributed by atoms with Crippen molar-refractivity contribution < 1.29 is 4.42 Å². The number of hydrogen-bond donors (Lipinski definition) is 0. The molecular weight excluding hydrogens is 667 g/mol. The van der Waals surface area contributed by atoms with Crippen LogP contribution < -0.4 is 4.90 Å². The first-order valence-corrected chi connectivity index (χ1v) is 19.4. The van der Waals surface area contributed by atoms with Crippen LogP contribution >= 0.6 is 0 Å². The molecule has 0 spiro atoms. The number of aryl methyl sites for hydroxylation is 1. The fourth-order valence-corrected chi connectivity index (χ4v) is 9.28. The molecule has 0 radical (unpaired) electrons. The molecule has 0 fully saturated rings. The summed E-state index contributed by atoms with van der Waals surface area (Å²) in [6, 6.07) is 60.5. The number of anilines is 3. The SMILES string of the molecule is CC1(C)c2cc(-c3ccccc3)ccc2-c2ccc(N(c3ccc(-c4ccc5c6c(oc5c4)C=CCC6)cc3)c3cc4ccccc4c4ccccc34)cc21. The third kappa shape index (κ3) is 5.02. The molecule has 2 heteroatoms. The average Bonchev–Trinajstić information content (AvgIpc) is 3.72. The second-order valence-electron chi connectivity index (χ2n) is 15.6. The van der Waals surface area contributed by atoms with Crippen LogP contribution in [0.3, 0.4) is 0 Å². The van der Waals surface area contributed by atoms with E-state index >= 15 is 0 Å². The van der Waals surface area contributed by atoms with Gasteiger partial charge in [-0.3, -0.25) is 0 Å². The van der Waals surface area contributed by atoms with Crippen molar-refractivity contribution in [1.29, 1.82) is 0 Å². The molecule has 2 aliphatic carbocycles. The van der Waals surface area contributed by atoms with E-state index in [-0.39, 0.29) is 5.41 Å². The van der Waals surface area contributed by atoms with Gasteiger partial charge in [-0.25, -0.2) is 0 Å². The summed E-state index contributed by atoms with van der Waals surface area (Å²) in [6.45, 7) is 4.76. The minimum Gasteiger partial charge on any atom is -0.456 e. The van der Waals surface area contributed by atoms with Crippen molar-refractivity contribution in [2.45, 2.75) is 32.1 Å². The normalized spacial score (nSPS) is 13.9. The zero-order chi connectivity index (χ0) is 36.7. The van der Waals surface area contributed by atoms with Crippen LogP contribution in [0.1, 0.15) is 42.7 Å². The van der Waals surface area contributed by atoms with E-state index in [1.54, 1.807) is 0 Å². The largest absolute Gasteiger partial charge is 0.456 e. The predicted octanol–water partition coefficient (Wildman–Crippen LogP) is 14.8. The minimum absolute atomic E-state index is 0.175. The van der Waals surface area contributed by atoms with Gasteiger partial charge in [0, 0.05) is 33.1 Å². The molecule has 0 atom stereocenters. The number of allylic oxidation sites excluding steroid dienone is 1. The quantitative estimate of drug-likeness (QED) is 0.166. The van der Waals surface area contributed by atoms with Crippen molar-refractivity contribution in [2.24, 2.45) is 0 Å². The minimum atomic E-state index is -0.175. The highest BCUT2D eigenvalue weighted by molar-refractivity contribution is 6.14. The Balaban J connectivity index is 1.06. The van der Waals surface area contributed by atoms with Crippen LogP contribution in [-0.2, 0) is 11.8 Å². The van der Waals surface area contributed by atoms with Gasteiger partial charge in [-0.1, -0.05) is 141 Å². The van der Waals surface area contributed by atoms with Gasteiger partial charge in [-0.05, 0) is 122 Å². The Morgan fingerprint density at radius 1 is 0.509 bits per heavy atom. The first-order valence-electron chi connectivity index (χ1n) is 19.4. The first-order chi connectivity index (χ1) is 27.0. The molecule has 1 heterocycles. The Labute approximate surface area is 321 Å². The summed E-state index contributed by atoms with van der Waals surface area (Å²) in [5.41, 5.74) is 15.7. The standard InChI is InChI=1S/C53H39NO/c1-53(2)48-30-36(34-12-4-3-5-13-34)22-27-43(48)44-29-26-40(33-49(44)53)54(50-31-38-14-6-7-15-41(38)42-16-8-9-17-45(42)50)39-24-20-35(21-25-39)37-23-28-47-46-18-10-11-19-51(46)55-52(47)32-37/h3-9,11-17,19-33H,10,18H2,1-2H3. The van der Waals surface area contributed by atoms with Crippen molar-refractivity contribution in [2.75, 3.05) is 4.90 Å². The third-order valence-corrected chi connectivity index (χ3v) is 12.1. The number of benzene rings is 8. The smallest absolute Gasteiger partial charge is 0.135 e. The molecule has 0 saturated heterocycles. The third-order valence-electron chi connectivity index (χ3n) is 12.1. The second kappa shape index (κ2) is 12.2. The number of furan rings is 1. The van der Waals surface area contributed by atoms with Crippen molar-refractivity contribution in [1.82, 2.24) is 0 Å². The van der Waals surface area contributed by atoms with Gasteiger partial charge in [-0.15, -0.1) is 0 Å². The van der Waals surface area contributed by atoms with E-state index in [1.165, 1.54) is 71.4 Å². The van der Waals surface area contributed by atoms with Crippen LogP contribution in [0.4, 0.5) is 17.1 Å². The topological polar surface area (TPSA) is 16.4 Å². The molecule has 0 N–H and O–H groups in total. The Morgan fingerprint density at radius 2 is 1.15 bits per heavy atom. The van der Waals surface area contributed by atoms with Crippen LogP contribution in [0.2, 0.25) is 0 Å². The molecule has 0 bridgehead atoms. The molecule has 55 heavy (non-hydrogen) atoms. The molecule has 2 nitrogen and oxygen atoms in total. The van der Waals surface area contributed by atoms with E-state index in [0.29, 0.717) is 0 Å². The van der Waals surface area contributed by atoms with Gasteiger partial charge < -0.3 is 9.32 Å². The van der Waals surface area contributed by atoms with Gasteiger partial charge in [0.05, 0.1) is 5.69 Å². The first kappa shape index (κ1) is 31.8. The lowest BCUT2D eigenvalue weighted by atomic mass is 9.81. The van der Waals surface area contributed by atoms with Crippen LogP contribution in [0.5, 0.6) is 0 Å². The van der Waals surface area contributed by atoms with Crippen LogP contribution in [0.25, 0.3) is 72.0 Å². The van der Waals surface area contributed by atoms with Gasteiger partial charge in [0.25, 0.3) is 0 Å². The molecule has 0 aliphatic heterocycles. The fraction of sp³-hybridized carbons (Fsp3) is 0.0943. The lowest BCUT2D eigenvalue weighted by molar-refractivity contribution is 0.595. The Kier molecular flexibility index (Phi) is 7.06. The van der Waals surface area contributed by atoms with Crippen molar-refractivity contribution >= 4 is 55.7 Å². The molecule has 9 aromatic rings. The molecule has 2 aliphatic rings. The van der Waals surface area contributed by atoms with E-state index in [9.17, 15) is 0 Å². The zero-order valence-corrected chi connectivity index (χ0v) is 31.0. The van der Waals surface area contributed by atoms with Crippen LogP contribution in [-0.4, -0.2) is 0 Å². The molecule has 0 saturated carbocycles. The average molecular weight is 706 g/mol. The van der Waals surface area contributed by atoms with Gasteiger partial charge in [0.15, 0.2) is 0 Å². The predicted molar refractivity (Wildman–Crippen MR) is 232 cm³/mol. The van der Waals surface area contributed by atoms with Gasteiger partial charge in [-0.2, -0.15) is 0 Å². The van der Waals surface area contributed by atoms with Gasteiger partial charge in [0.2, 0.25) is 0 Å². The summed E-state index contributed by atoms with van der Waals surface area (Å²) < 4.78 is 6.32. The molecule has 262 valence electrons. The summed E-state index contributed by atoms with van der Waals surface area (Å²) in [7, 11) is 0. The summed E-state index contributed by atoms with van der Waals surface area (Å²) >= 11 is 0. The second-order valence-corrected chi connectivity index (χ2v) is 15.6. The molecule has 1 aromatic heterocycles. The van der Waals surface area contributed by atoms with Crippen LogP contribution in [0, 0.1) is 0 Å². The summed E-state index contributed by atoms with van der Waals surface area (Å²) in [4.78, 5) is 2.46. The Hall–Kier alpha value is -6.64. The van der Waals surface area contributed by atoms with Crippen molar-refractivity contribution in [3.05, 3.63) is 192 Å². The number of hydrogen-bond acceptors (Lipinski definition) is 2. The van der Waals surface area contributed by atoms with E-state index in [1.807, 2.05) is 0 Å². The molecule has 0 unspecified atom stereocenters. The van der Waals surface area contributed by atoms with Gasteiger partial charge in [0.1, 0.15) is 11.3 Å². The molecule has 11 rings (SSSR count). The van der Waals surface area contributed by atoms with E-state index in [4.69, 9.17) is 4.42 Å². The lowest BCUT2D eigenvalue weighted by Crippen LogP contribution is -2.17. The number of nitrogens with zero attached hydrogens (tertiary/aromatic N) is 1. The summed E-state index contributed by atoms with van der Waals surface area (Å²) in [5.74, 6) is 1.00. The lowest BCUT2D eigenvalue weighted by Gasteiger charge is -2.29.